The summed E-state index contributed by atoms with van der Waals surface area (Å²) in [5, 5.41) is 12.1. The van der Waals surface area contributed by atoms with Crippen LogP contribution in [-0.2, 0) is 4.79 Å². The van der Waals surface area contributed by atoms with Gasteiger partial charge in [0.2, 0.25) is 10.9 Å². The molecule has 5 aromatic rings. The van der Waals surface area contributed by atoms with Crippen LogP contribution in [0.2, 0.25) is 0 Å². The fourth-order valence-corrected chi connectivity index (χ4v) is 4.81. The number of aromatic nitrogens is 3. The number of rotatable bonds is 6. The van der Waals surface area contributed by atoms with Crippen LogP contribution in [0.5, 0.6) is 11.5 Å². The highest BCUT2D eigenvalue weighted by molar-refractivity contribution is 7.99. The molecule has 2 aromatic heterocycles. The zero-order valence-corrected chi connectivity index (χ0v) is 17.3. The van der Waals surface area contributed by atoms with E-state index in [-0.39, 0.29) is 11.7 Å². The minimum atomic E-state index is -0.139. The summed E-state index contributed by atoms with van der Waals surface area (Å²) in [5.41, 5.74) is 1.67. The molecule has 0 radical (unpaired) electrons. The average Bonchev–Trinajstić information content (AvgIpc) is 3.34. The maximum Gasteiger partial charge on any atom is 0.234 e. The highest BCUT2D eigenvalue weighted by atomic mass is 32.2. The minimum absolute atomic E-state index is 0.139. The van der Waals surface area contributed by atoms with E-state index in [0.717, 1.165) is 15.2 Å². The number of anilines is 1. The maximum absolute atomic E-state index is 12.6. The molecule has 6 nitrogen and oxygen atoms in total. The van der Waals surface area contributed by atoms with Crippen molar-refractivity contribution in [3.63, 3.8) is 0 Å². The van der Waals surface area contributed by atoms with E-state index < -0.39 is 0 Å². The van der Waals surface area contributed by atoms with Gasteiger partial charge >= 0.3 is 0 Å². The number of carbonyl (C=O) groups excluding carboxylic acids is 1. The Hall–Kier alpha value is -3.36. The Morgan fingerprint density at radius 1 is 0.967 bits per heavy atom. The Morgan fingerprint density at radius 3 is 2.63 bits per heavy atom. The number of fused-ring (bicyclic) bond motifs is 3. The number of thiazole rings is 1. The second-order valence-electron chi connectivity index (χ2n) is 6.42. The lowest BCUT2D eigenvalue weighted by Crippen LogP contribution is -2.14. The maximum atomic E-state index is 12.6. The summed E-state index contributed by atoms with van der Waals surface area (Å²) in [5.74, 6) is 1.38. The van der Waals surface area contributed by atoms with Gasteiger partial charge in [-0.05, 0) is 36.4 Å². The first-order valence-corrected chi connectivity index (χ1v) is 11.1. The zero-order chi connectivity index (χ0) is 20.3. The van der Waals surface area contributed by atoms with E-state index in [1.807, 2.05) is 77.2 Å². The summed E-state index contributed by atoms with van der Waals surface area (Å²) >= 11 is 2.94. The van der Waals surface area contributed by atoms with Crippen LogP contribution in [-0.4, -0.2) is 26.3 Å². The summed E-state index contributed by atoms with van der Waals surface area (Å²) in [7, 11) is 0. The molecule has 0 saturated carbocycles. The predicted molar refractivity (Wildman–Crippen MR) is 121 cm³/mol. The molecule has 148 valence electrons. The largest absolute Gasteiger partial charge is 0.455 e. The number of hydrogen-bond donors (Lipinski definition) is 1. The van der Waals surface area contributed by atoms with E-state index in [9.17, 15) is 4.79 Å². The number of para-hydroxylation sites is 4. The van der Waals surface area contributed by atoms with Crippen molar-refractivity contribution >= 4 is 49.9 Å². The Balaban J connectivity index is 1.30. The highest BCUT2D eigenvalue weighted by Gasteiger charge is 2.15. The molecule has 0 atom stereocenters. The fraction of sp³-hybridized carbons (Fsp3) is 0.0455. The molecule has 0 fully saturated rings. The highest BCUT2D eigenvalue weighted by Crippen LogP contribution is 2.31. The third kappa shape index (κ3) is 3.74. The van der Waals surface area contributed by atoms with E-state index in [0.29, 0.717) is 22.3 Å². The van der Waals surface area contributed by atoms with Gasteiger partial charge in [-0.3, -0.25) is 9.20 Å². The van der Waals surface area contributed by atoms with Crippen LogP contribution in [0.3, 0.4) is 0 Å². The molecule has 0 aliphatic carbocycles. The van der Waals surface area contributed by atoms with E-state index in [4.69, 9.17) is 4.74 Å². The van der Waals surface area contributed by atoms with Crippen molar-refractivity contribution < 1.29 is 9.53 Å². The van der Waals surface area contributed by atoms with E-state index >= 15 is 0 Å². The molecule has 0 saturated heterocycles. The van der Waals surface area contributed by atoms with Crippen molar-refractivity contribution in [3.8, 4) is 11.5 Å². The molecule has 30 heavy (non-hydrogen) atoms. The third-order valence-electron chi connectivity index (χ3n) is 4.38. The van der Waals surface area contributed by atoms with Crippen molar-refractivity contribution in [3.05, 3.63) is 78.9 Å². The summed E-state index contributed by atoms with van der Waals surface area (Å²) < 4.78 is 9.04. The summed E-state index contributed by atoms with van der Waals surface area (Å²) in [6.07, 6.45) is 0. The van der Waals surface area contributed by atoms with Crippen LogP contribution < -0.4 is 10.1 Å². The van der Waals surface area contributed by atoms with Crippen molar-refractivity contribution in [2.45, 2.75) is 5.16 Å². The number of carbonyl (C=O) groups is 1. The smallest absolute Gasteiger partial charge is 0.234 e. The zero-order valence-electron chi connectivity index (χ0n) is 15.7. The Morgan fingerprint density at radius 2 is 1.73 bits per heavy atom. The lowest BCUT2D eigenvalue weighted by Gasteiger charge is -2.12. The standard InChI is InChI=1S/C22H16N4O2S2/c27-20(23-16-10-4-6-12-18(16)28-15-8-2-1-3-9-15)14-29-21-24-25-22-26(21)17-11-5-7-13-19(17)30-22/h1-13H,14H2,(H,23,27). The molecule has 3 aromatic carbocycles. The van der Waals surface area contributed by atoms with E-state index in [2.05, 4.69) is 21.6 Å². The lowest BCUT2D eigenvalue weighted by molar-refractivity contribution is -0.113. The number of hydrogen-bond acceptors (Lipinski definition) is 6. The topological polar surface area (TPSA) is 68.5 Å². The summed E-state index contributed by atoms with van der Waals surface area (Å²) in [6, 6.07) is 24.9. The van der Waals surface area contributed by atoms with Gasteiger partial charge in [0.05, 0.1) is 21.7 Å². The van der Waals surface area contributed by atoms with Crippen LogP contribution in [0.1, 0.15) is 0 Å². The van der Waals surface area contributed by atoms with Gasteiger partial charge in [-0.1, -0.05) is 65.6 Å². The first-order chi connectivity index (χ1) is 14.8. The first-order valence-electron chi connectivity index (χ1n) is 9.25. The van der Waals surface area contributed by atoms with E-state index in [1.165, 1.54) is 11.8 Å². The second kappa shape index (κ2) is 8.17. The van der Waals surface area contributed by atoms with Crippen LogP contribution in [0.4, 0.5) is 5.69 Å². The molecule has 0 aliphatic rings. The molecule has 0 spiro atoms. The van der Waals surface area contributed by atoms with Crippen molar-refractivity contribution in [2.24, 2.45) is 0 Å². The van der Waals surface area contributed by atoms with Crippen molar-refractivity contribution in [1.82, 2.24) is 14.6 Å². The Kier molecular flexibility index (Phi) is 5.08. The van der Waals surface area contributed by atoms with Gasteiger partial charge < -0.3 is 10.1 Å². The molecule has 0 bridgehead atoms. The summed E-state index contributed by atoms with van der Waals surface area (Å²) in [6.45, 7) is 0. The molecule has 1 amide bonds. The summed E-state index contributed by atoms with van der Waals surface area (Å²) in [4.78, 5) is 13.4. The van der Waals surface area contributed by atoms with Crippen LogP contribution in [0.25, 0.3) is 15.2 Å². The number of amides is 1. The number of nitrogens with zero attached hydrogens (tertiary/aromatic N) is 3. The van der Waals surface area contributed by atoms with Crippen LogP contribution in [0.15, 0.2) is 84.0 Å². The van der Waals surface area contributed by atoms with Gasteiger partial charge in [0.1, 0.15) is 5.75 Å². The number of ether oxygens (including phenoxy) is 1. The Bertz CT molecular complexity index is 1330. The SMILES string of the molecule is O=C(CSc1nnc2sc3ccccc3n12)Nc1ccccc1Oc1ccccc1. The van der Waals surface area contributed by atoms with Gasteiger partial charge in [0.15, 0.2) is 10.9 Å². The molecule has 0 unspecified atom stereocenters. The normalized spacial score (nSPS) is 11.1. The van der Waals surface area contributed by atoms with Gasteiger partial charge in [-0.15, -0.1) is 10.2 Å². The van der Waals surface area contributed by atoms with Crippen LogP contribution in [0, 0.1) is 0 Å². The van der Waals surface area contributed by atoms with Gasteiger partial charge in [0, 0.05) is 0 Å². The molecular weight excluding hydrogens is 416 g/mol. The van der Waals surface area contributed by atoms with Gasteiger partial charge in [-0.2, -0.15) is 0 Å². The van der Waals surface area contributed by atoms with Crippen molar-refractivity contribution in [2.75, 3.05) is 11.1 Å². The molecule has 1 N–H and O–H groups in total. The molecule has 2 heterocycles. The van der Waals surface area contributed by atoms with E-state index in [1.54, 1.807) is 11.3 Å². The predicted octanol–water partition coefficient (Wildman–Crippen LogP) is 5.47. The monoisotopic (exact) mass is 432 g/mol. The average molecular weight is 433 g/mol. The first kappa shape index (κ1) is 18.7. The number of nitrogens with one attached hydrogen (secondary N) is 1. The third-order valence-corrected chi connectivity index (χ3v) is 6.32. The van der Waals surface area contributed by atoms with Gasteiger partial charge in [-0.25, -0.2) is 0 Å². The van der Waals surface area contributed by atoms with Crippen molar-refractivity contribution in [1.29, 1.82) is 0 Å². The number of thioether (sulfide) groups is 1. The fourth-order valence-electron chi connectivity index (χ4n) is 3.04. The Labute approximate surface area is 180 Å². The minimum Gasteiger partial charge on any atom is -0.455 e. The second-order valence-corrected chi connectivity index (χ2v) is 8.37. The van der Waals surface area contributed by atoms with Crippen LogP contribution >= 0.6 is 23.1 Å². The molecular formula is C22H16N4O2S2. The number of benzene rings is 3. The molecule has 5 rings (SSSR count). The van der Waals surface area contributed by atoms with Gasteiger partial charge in [0.25, 0.3) is 0 Å². The molecule has 8 heteroatoms. The molecule has 0 aliphatic heterocycles. The lowest BCUT2D eigenvalue weighted by atomic mass is 10.3. The quantitative estimate of drug-likeness (QED) is 0.361.